The number of hydrogen-bond donors (Lipinski definition) is 0. The Hall–Kier alpha value is -2.82. The van der Waals surface area contributed by atoms with Gasteiger partial charge in [0.1, 0.15) is 5.69 Å². The Kier molecular flexibility index (Phi) is 2.61. The van der Waals surface area contributed by atoms with Crippen molar-refractivity contribution in [1.82, 2.24) is 19.7 Å². The number of aliphatic imine (C=N–C) groups is 1. The molecule has 1 aliphatic carbocycles. The standard InChI is InChI=1S/C20H17N5/c1-2-18-19(12-3-4-15-16(9-12)22-6-5-21-15)20(24-25(18)7-1)17-10-13-8-14(13)11-23-17/h3-6,9-11,13-14H,1-2,7-8H2. The minimum Gasteiger partial charge on any atom is -0.268 e. The van der Waals surface area contributed by atoms with Crippen LogP contribution >= 0.6 is 0 Å². The highest BCUT2D eigenvalue weighted by Gasteiger charge is 2.37. The first-order valence-corrected chi connectivity index (χ1v) is 8.94. The lowest BCUT2D eigenvalue weighted by atomic mass is 9.98. The maximum Gasteiger partial charge on any atom is 0.118 e. The molecule has 5 heteroatoms. The van der Waals surface area contributed by atoms with Crippen LogP contribution in [-0.2, 0) is 13.0 Å². The molecule has 2 aromatic heterocycles. The van der Waals surface area contributed by atoms with Crippen LogP contribution in [0, 0.1) is 11.8 Å². The average Bonchev–Trinajstić information content (AvgIpc) is 3.13. The number of allylic oxidation sites excluding steroid dienone is 1. The zero-order valence-corrected chi connectivity index (χ0v) is 13.8. The average molecular weight is 327 g/mol. The molecule has 122 valence electrons. The molecule has 2 unspecified atom stereocenters. The zero-order chi connectivity index (χ0) is 16.4. The van der Waals surface area contributed by atoms with Crippen molar-refractivity contribution in [3.8, 4) is 11.1 Å². The van der Waals surface area contributed by atoms with Gasteiger partial charge in [-0.25, -0.2) is 0 Å². The summed E-state index contributed by atoms with van der Waals surface area (Å²) in [5.74, 6) is 1.33. The van der Waals surface area contributed by atoms with Crippen molar-refractivity contribution in [3.05, 3.63) is 48.1 Å². The van der Waals surface area contributed by atoms with Crippen molar-refractivity contribution >= 4 is 22.9 Å². The van der Waals surface area contributed by atoms with Gasteiger partial charge in [-0.15, -0.1) is 0 Å². The predicted octanol–water partition coefficient (Wildman–Crippen LogP) is 3.50. The van der Waals surface area contributed by atoms with E-state index < -0.39 is 0 Å². The molecule has 3 aliphatic rings. The Morgan fingerprint density at radius 3 is 2.88 bits per heavy atom. The molecular weight excluding hydrogens is 310 g/mol. The Morgan fingerprint density at radius 1 is 1.04 bits per heavy atom. The monoisotopic (exact) mass is 327 g/mol. The van der Waals surface area contributed by atoms with Gasteiger partial charge in [0.25, 0.3) is 0 Å². The van der Waals surface area contributed by atoms with Crippen molar-refractivity contribution in [2.24, 2.45) is 16.8 Å². The summed E-state index contributed by atoms with van der Waals surface area (Å²) in [6.45, 7) is 0.999. The number of benzene rings is 1. The maximum atomic E-state index is 4.92. The summed E-state index contributed by atoms with van der Waals surface area (Å²) >= 11 is 0. The largest absolute Gasteiger partial charge is 0.268 e. The number of aromatic nitrogens is 4. The maximum absolute atomic E-state index is 4.92. The first kappa shape index (κ1) is 13.5. The molecule has 6 rings (SSSR count). The highest BCUT2D eigenvalue weighted by Crippen LogP contribution is 2.45. The van der Waals surface area contributed by atoms with Crippen LogP contribution in [0.3, 0.4) is 0 Å². The fourth-order valence-electron chi connectivity index (χ4n) is 4.09. The first-order chi connectivity index (χ1) is 12.4. The van der Waals surface area contributed by atoms with Crippen LogP contribution in [0.15, 0.2) is 41.7 Å². The van der Waals surface area contributed by atoms with E-state index in [1.165, 1.54) is 23.2 Å². The van der Waals surface area contributed by atoms with Crippen LogP contribution in [0.4, 0.5) is 0 Å². The SMILES string of the molecule is C1=NC(c2nn3c(c2-c2ccc4nccnc4c2)CCC3)=CC2CC12. The van der Waals surface area contributed by atoms with Gasteiger partial charge in [-0.2, -0.15) is 5.10 Å². The summed E-state index contributed by atoms with van der Waals surface area (Å²) in [4.78, 5) is 13.6. The Morgan fingerprint density at radius 2 is 1.96 bits per heavy atom. The van der Waals surface area contributed by atoms with E-state index in [1.54, 1.807) is 12.4 Å². The second-order valence-corrected chi connectivity index (χ2v) is 7.15. The first-order valence-electron chi connectivity index (χ1n) is 8.94. The molecule has 0 radical (unpaired) electrons. The van der Waals surface area contributed by atoms with Crippen LogP contribution in [0.25, 0.3) is 27.9 Å². The molecular formula is C20H17N5. The van der Waals surface area contributed by atoms with Gasteiger partial charge < -0.3 is 0 Å². The van der Waals surface area contributed by atoms with Gasteiger partial charge in [0.05, 0.1) is 16.7 Å². The molecule has 0 amide bonds. The van der Waals surface area contributed by atoms with Crippen LogP contribution < -0.4 is 0 Å². The number of nitrogens with zero attached hydrogens (tertiary/aromatic N) is 5. The van der Waals surface area contributed by atoms with Crippen molar-refractivity contribution < 1.29 is 0 Å². The fraction of sp³-hybridized carbons (Fsp3) is 0.300. The summed E-state index contributed by atoms with van der Waals surface area (Å²) < 4.78 is 2.17. The molecule has 0 saturated heterocycles. The molecule has 25 heavy (non-hydrogen) atoms. The van der Waals surface area contributed by atoms with Crippen LogP contribution in [0.5, 0.6) is 0 Å². The summed E-state index contributed by atoms with van der Waals surface area (Å²) in [6.07, 6.45) is 11.4. The van der Waals surface area contributed by atoms with Gasteiger partial charge >= 0.3 is 0 Å². The summed E-state index contributed by atoms with van der Waals surface area (Å²) in [6, 6.07) is 6.33. The highest BCUT2D eigenvalue weighted by atomic mass is 15.3. The zero-order valence-electron chi connectivity index (χ0n) is 13.8. The van der Waals surface area contributed by atoms with Gasteiger partial charge in [0.2, 0.25) is 0 Å². The Labute approximate surface area is 145 Å². The second kappa shape index (κ2) is 4.85. The van der Waals surface area contributed by atoms with E-state index in [0.29, 0.717) is 11.8 Å². The molecule has 1 fully saturated rings. The lowest BCUT2D eigenvalue weighted by Gasteiger charge is -2.08. The summed E-state index contributed by atoms with van der Waals surface area (Å²) in [5, 5.41) is 4.92. The molecule has 1 saturated carbocycles. The van der Waals surface area contributed by atoms with E-state index in [0.717, 1.165) is 41.8 Å². The van der Waals surface area contributed by atoms with Gasteiger partial charge in [-0.05, 0) is 42.9 Å². The quantitative estimate of drug-likeness (QED) is 0.724. The topological polar surface area (TPSA) is 56.0 Å². The van der Waals surface area contributed by atoms with Crippen molar-refractivity contribution in [2.45, 2.75) is 25.8 Å². The third-order valence-corrected chi connectivity index (χ3v) is 5.51. The van der Waals surface area contributed by atoms with E-state index in [4.69, 9.17) is 10.1 Å². The molecule has 5 nitrogen and oxygen atoms in total. The van der Waals surface area contributed by atoms with Crippen molar-refractivity contribution in [3.63, 3.8) is 0 Å². The Balaban J connectivity index is 1.57. The number of hydrogen-bond acceptors (Lipinski definition) is 4. The molecule has 0 spiro atoms. The third-order valence-electron chi connectivity index (χ3n) is 5.51. The van der Waals surface area contributed by atoms with Gasteiger partial charge in [-0.1, -0.05) is 12.1 Å². The predicted molar refractivity (Wildman–Crippen MR) is 97.1 cm³/mol. The third kappa shape index (κ3) is 2.02. The van der Waals surface area contributed by atoms with E-state index in [1.807, 2.05) is 0 Å². The van der Waals surface area contributed by atoms with E-state index in [9.17, 15) is 0 Å². The Bertz CT molecular complexity index is 1070. The van der Waals surface area contributed by atoms with Crippen LogP contribution in [0.2, 0.25) is 0 Å². The van der Waals surface area contributed by atoms with Gasteiger partial charge in [0, 0.05) is 42.3 Å². The number of rotatable bonds is 2. The number of aryl methyl sites for hydroxylation is 1. The van der Waals surface area contributed by atoms with Crippen LogP contribution in [0.1, 0.15) is 24.2 Å². The minimum atomic E-state index is 0.664. The summed E-state index contributed by atoms with van der Waals surface area (Å²) in [7, 11) is 0. The second-order valence-electron chi connectivity index (χ2n) is 7.15. The molecule has 2 aliphatic heterocycles. The molecule has 1 aromatic carbocycles. The minimum absolute atomic E-state index is 0.664. The van der Waals surface area contributed by atoms with Crippen molar-refractivity contribution in [2.75, 3.05) is 0 Å². The fourth-order valence-corrected chi connectivity index (χ4v) is 4.09. The van der Waals surface area contributed by atoms with E-state index in [-0.39, 0.29) is 0 Å². The normalized spacial score (nSPS) is 23.4. The van der Waals surface area contributed by atoms with E-state index >= 15 is 0 Å². The smallest absolute Gasteiger partial charge is 0.118 e. The molecule has 0 N–H and O–H groups in total. The molecule has 0 bridgehead atoms. The summed E-state index contributed by atoms with van der Waals surface area (Å²) in [5.41, 5.74) is 7.63. The molecule has 4 heterocycles. The van der Waals surface area contributed by atoms with Crippen molar-refractivity contribution in [1.29, 1.82) is 0 Å². The van der Waals surface area contributed by atoms with Gasteiger partial charge in [0.15, 0.2) is 0 Å². The number of fused-ring (bicyclic) bond motifs is 3. The molecule has 3 aromatic rings. The lowest BCUT2D eigenvalue weighted by molar-refractivity contribution is 0.653. The lowest BCUT2D eigenvalue weighted by Crippen LogP contribution is -1.97. The van der Waals surface area contributed by atoms with E-state index in [2.05, 4.69) is 45.1 Å². The van der Waals surface area contributed by atoms with Crippen LogP contribution in [-0.4, -0.2) is 26.0 Å². The van der Waals surface area contributed by atoms with Gasteiger partial charge in [-0.3, -0.25) is 19.6 Å². The molecule has 2 atom stereocenters. The highest BCUT2D eigenvalue weighted by molar-refractivity contribution is 5.89.